The van der Waals surface area contributed by atoms with Crippen LogP contribution in [0.2, 0.25) is 0 Å². The van der Waals surface area contributed by atoms with E-state index in [4.69, 9.17) is 32.7 Å². The molecule has 1 aromatic heterocycles. The number of ether oxygens (including phenoxy) is 5. The van der Waals surface area contributed by atoms with Gasteiger partial charge in [0.25, 0.3) is 0 Å². The maximum absolute atomic E-state index is 13.2. The smallest absolute Gasteiger partial charge is 0.429 e. The van der Waals surface area contributed by atoms with E-state index in [0.29, 0.717) is 10.8 Å². The van der Waals surface area contributed by atoms with Crippen molar-refractivity contribution in [3.8, 4) is 0 Å². The number of thioether (sulfide) groups is 1. The molecule has 2 aromatic carbocycles. The number of hydrogen-bond donors (Lipinski definition) is 0. The molecule has 3 rings (SSSR count). The largest absolute Gasteiger partial charge is 0.510 e. The summed E-state index contributed by atoms with van der Waals surface area (Å²) in [5.41, 5.74) is 0.982. The predicted molar refractivity (Wildman–Crippen MR) is 155 cm³/mol. The fraction of sp³-hybridized carbons (Fsp3) is 0.286. The summed E-state index contributed by atoms with van der Waals surface area (Å²) < 4.78 is 49.9. The Labute approximate surface area is 252 Å². The molecule has 0 unspecified atom stereocenters. The Kier molecular flexibility index (Phi) is 14.5. The van der Waals surface area contributed by atoms with Gasteiger partial charge in [-0.3, -0.25) is 18.2 Å². The van der Waals surface area contributed by atoms with Crippen molar-refractivity contribution in [1.82, 2.24) is 9.55 Å². The van der Waals surface area contributed by atoms with Crippen LogP contribution in [-0.4, -0.2) is 54.2 Å². The van der Waals surface area contributed by atoms with Crippen LogP contribution in [0, 0.1) is 0 Å². The van der Waals surface area contributed by atoms with E-state index in [1.54, 1.807) is 66.9 Å². The van der Waals surface area contributed by atoms with Gasteiger partial charge in [0.15, 0.2) is 0 Å². The van der Waals surface area contributed by atoms with Crippen molar-refractivity contribution in [2.75, 3.05) is 32.3 Å². The van der Waals surface area contributed by atoms with E-state index in [1.165, 1.54) is 16.3 Å². The molecular formula is C28H31N2O11PS. The first-order chi connectivity index (χ1) is 20.9. The molecule has 0 radical (unpaired) electrons. The SMILES string of the molecule is C=CCSc1ccn(CCOCP(=O)(OCOC(=O)OCc2ccccc2)OCOC(=O)OCc2ccccc2)c(=O)n1. The van der Waals surface area contributed by atoms with Gasteiger partial charge in [0.1, 0.15) is 24.6 Å². The van der Waals surface area contributed by atoms with Crippen LogP contribution in [-0.2, 0) is 57.1 Å². The van der Waals surface area contributed by atoms with Gasteiger partial charge in [-0.15, -0.1) is 18.3 Å². The first-order valence-electron chi connectivity index (χ1n) is 12.8. The van der Waals surface area contributed by atoms with Crippen molar-refractivity contribution >= 4 is 31.7 Å². The second kappa shape index (κ2) is 18.6. The van der Waals surface area contributed by atoms with E-state index in [-0.39, 0.29) is 26.4 Å². The minimum Gasteiger partial charge on any atom is -0.429 e. The first-order valence-corrected chi connectivity index (χ1v) is 15.5. The average Bonchev–Trinajstić information content (AvgIpc) is 3.02. The van der Waals surface area contributed by atoms with Gasteiger partial charge in [-0.2, -0.15) is 4.98 Å². The average molecular weight is 635 g/mol. The molecule has 0 fully saturated rings. The van der Waals surface area contributed by atoms with Crippen LogP contribution in [0.5, 0.6) is 0 Å². The Bertz CT molecular complexity index is 1340. The van der Waals surface area contributed by atoms with Crippen molar-refractivity contribution in [3.05, 3.63) is 107 Å². The molecule has 1 heterocycles. The molecule has 43 heavy (non-hydrogen) atoms. The third kappa shape index (κ3) is 13.3. The lowest BCUT2D eigenvalue weighted by atomic mass is 10.2. The van der Waals surface area contributed by atoms with Crippen molar-refractivity contribution in [1.29, 1.82) is 0 Å². The van der Waals surface area contributed by atoms with Crippen molar-refractivity contribution in [2.24, 2.45) is 0 Å². The molecule has 0 amide bonds. The second-order valence-corrected chi connectivity index (χ2v) is 11.4. The number of carbonyl (C=O) groups is 2. The molecule has 0 aliphatic rings. The van der Waals surface area contributed by atoms with Gasteiger partial charge >= 0.3 is 25.6 Å². The Balaban J connectivity index is 1.47. The molecule has 0 atom stereocenters. The minimum atomic E-state index is -4.14. The molecule has 0 aliphatic heterocycles. The summed E-state index contributed by atoms with van der Waals surface area (Å²) in [6.45, 7) is 1.94. The molecule has 0 bridgehead atoms. The maximum Gasteiger partial charge on any atom is 0.510 e. The number of rotatable bonds is 18. The molecule has 3 aromatic rings. The van der Waals surface area contributed by atoms with Gasteiger partial charge in [0.2, 0.25) is 13.6 Å². The third-order valence-corrected chi connectivity index (χ3v) is 7.60. The Hall–Kier alpha value is -3.94. The Morgan fingerprint density at radius 2 is 1.42 bits per heavy atom. The van der Waals surface area contributed by atoms with E-state index < -0.39 is 45.5 Å². The summed E-state index contributed by atoms with van der Waals surface area (Å²) in [5, 5.41) is 0.554. The number of aromatic nitrogens is 2. The minimum absolute atomic E-state index is 0.0436. The van der Waals surface area contributed by atoms with Gasteiger partial charge in [0, 0.05) is 11.9 Å². The topological polar surface area (TPSA) is 151 Å². The van der Waals surface area contributed by atoms with Gasteiger partial charge in [0.05, 0.1) is 13.2 Å². The molecule has 0 saturated heterocycles. The molecule has 13 nitrogen and oxygen atoms in total. The Morgan fingerprint density at radius 1 is 0.860 bits per heavy atom. The van der Waals surface area contributed by atoms with E-state index in [2.05, 4.69) is 11.6 Å². The molecule has 15 heteroatoms. The summed E-state index contributed by atoms with van der Waals surface area (Å²) in [4.78, 5) is 40.0. The van der Waals surface area contributed by atoms with E-state index in [0.717, 1.165) is 11.1 Å². The predicted octanol–water partition coefficient (Wildman–Crippen LogP) is 5.34. The van der Waals surface area contributed by atoms with Gasteiger partial charge in [-0.05, 0) is 17.2 Å². The maximum atomic E-state index is 13.2. The van der Waals surface area contributed by atoms with Crippen molar-refractivity contribution in [3.63, 3.8) is 0 Å². The van der Waals surface area contributed by atoms with Crippen LogP contribution >= 0.6 is 19.4 Å². The summed E-state index contributed by atoms with van der Waals surface area (Å²) in [5.74, 6) is 0.609. The molecule has 0 saturated carbocycles. The fourth-order valence-electron chi connectivity index (χ4n) is 3.09. The lowest BCUT2D eigenvalue weighted by Crippen LogP contribution is -2.24. The number of hydrogen-bond acceptors (Lipinski definition) is 13. The third-order valence-electron chi connectivity index (χ3n) is 5.17. The van der Waals surface area contributed by atoms with Crippen LogP contribution < -0.4 is 5.69 Å². The van der Waals surface area contributed by atoms with Crippen LogP contribution in [0.1, 0.15) is 11.1 Å². The second-order valence-electron chi connectivity index (χ2n) is 8.32. The summed E-state index contributed by atoms with van der Waals surface area (Å²) in [6, 6.07) is 19.5. The molecule has 0 aliphatic carbocycles. The van der Waals surface area contributed by atoms with Crippen LogP contribution in [0.4, 0.5) is 9.59 Å². The van der Waals surface area contributed by atoms with Crippen LogP contribution in [0.3, 0.4) is 0 Å². The highest BCUT2D eigenvalue weighted by molar-refractivity contribution is 7.99. The lowest BCUT2D eigenvalue weighted by Gasteiger charge is -2.18. The number of benzene rings is 2. The molecular weight excluding hydrogens is 603 g/mol. The zero-order valence-electron chi connectivity index (χ0n) is 23.1. The monoisotopic (exact) mass is 634 g/mol. The first kappa shape index (κ1) is 33.6. The van der Waals surface area contributed by atoms with E-state index >= 15 is 0 Å². The number of carbonyl (C=O) groups excluding carboxylic acids is 2. The fourth-order valence-corrected chi connectivity index (χ4v) is 4.68. The highest BCUT2D eigenvalue weighted by Gasteiger charge is 2.27. The Morgan fingerprint density at radius 3 is 1.93 bits per heavy atom. The summed E-state index contributed by atoms with van der Waals surface area (Å²) >= 11 is 1.36. The van der Waals surface area contributed by atoms with E-state index in [1.807, 2.05) is 12.1 Å². The van der Waals surface area contributed by atoms with Crippen molar-refractivity contribution < 1.29 is 46.9 Å². The zero-order chi connectivity index (χ0) is 30.8. The number of nitrogens with zero attached hydrogens (tertiary/aromatic N) is 2. The molecule has 0 N–H and O–H groups in total. The van der Waals surface area contributed by atoms with Crippen LogP contribution in [0.15, 0.2) is 95.4 Å². The van der Waals surface area contributed by atoms with E-state index in [9.17, 15) is 18.9 Å². The quantitative estimate of drug-likeness (QED) is 0.0337. The van der Waals surface area contributed by atoms with Gasteiger partial charge in [-0.1, -0.05) is 66.7 Å². The lowest BCUT2D eigenvalue weighted by molar-refractivity contribution is -0.0285. The van der Waals surface area contributed by atoms with Crippen LogP contribution in [0.25, 0.3) is 0 Å². The normalized spacial score (nSPS) is 11.0. The molecule has 230 valence electrons. The van der Waals surface area contributed by atoms with Crippen molar-refractivity contribution in [2.45, 2.75) is 24.8 Å². The zero-order valence-corrected chi connectivity index (χ0v) is 24.8. The highest BCUT2D eigenvalue weighted by Crippen LogP contribution is 2.48. The molecule has 0 spiro atoms. The standard InChI is InChI=1S/C28H31N2O11PS/c1-2-17-43-25-13-14-30(26(31)29-25)15-16-35-22-42(34,40-20-38-27(32)36-18-23-9-5-3-6-10-23)41-21-39-28(33)37-19-24-11-7-4-8-12-24/h2-14H,1,15-22H2. The summed E-state index contributed by atoms with van der Waals surface area (Å²) in [7, 11) is -4.14. The highest BCUT2D eigenvalue weighted by atomic mass is 32.2. The van der Waals surface area contributed by atoms with Gasteiger partial charge < -0.3 is 23.7 Å². The van der Waals surface area contributed by atoms with Gasteiger partial charge in [-0.25, -0.2) is 14.4 Å². The summed E-state index contributed by atoms with van der Waals surface area (Å²) in [6.07, 6.45) is 0.497.